The summed E-state index contributed by atoms with van der Waals surface area (Å²) in [6.07, 6.45) is 4.09. The number of hydrogen-bond donors (Lipinski definition) is 1. The molecule has 1 aliphatic rings. The fraction of sp³-hybridized carbons (Fsp3) is 0.0952. The van der Waals surface area contributed by atoms with Crippen LogP contribution < -0.4 is 9.80 Å². The molecular weight excluding hydrogens is 372 g/mol. The van der Waals surface area contributed by atoms with Crippen LogP contribution in [0.25, 0.3) is 0 Å². The highest BCUT2D eigenvalue weighted by atomic mass is 16.3. The number of barbiturate groups is 1. The predicted molar refractivity (Wildman–Crippen MR) is 104 cm³/mol. The predicted octanol–water partition coefficient (Wildman–Crippen LogP) is 1.95. The Balaban J connectivity index is 1.85. The number of nitrogens with zero attached hydrogens (tertiary/aromatic N) is 4. The van der Waals surface area contributed by atoms with E-state index in [4.69, 9.17) is 0 Å². The quantitative estimate of drug-likeness (QED) is 0.685. The lowest BCUT2D eigenvalue weighted by Gasteiger charge is -2.40. The van der Waals surface area contributed by atoms with E-state index < -0.39 is 23.4 Å². The van der Waals surface area contributed by atoms with Crippen LogP contribution in [0.3, 0.4) is 0 Å². The van der Waals surface area contributed by atoms with Crippen LogP contribution in [0, 0.1) is 0 Å². The maximum atomic E-state index is 13.2. The minimum Gasteiger partial charge on any atom is -0.371 e. The molecule has 1 saturated heterocycles. The van der Waals surface area contributed by atoms with Gasteiger partial charge in [-0.05, 0) is 42.0 Å². The summed E-state index contributed by atoms with van der Waals surface area (Å²) in [5, 5.41) is 11.3. The summed E-state index contributed by atoms with van der Waals surface area (Å²) in [5.41, 5.74) is -1.72. The second kappa shape index (κ2) is 7.25. The third-order valence-electron chi connectivity index (χ3n) is 4.60. The number of carbonyl (C=O) groups excluding carboxylic acids is 3. The molecule has 29 heavy (non-hydrogen) atoms. The Labute approximate surface area is 166 Å². The van der Waals surface area contributed by atoms with E-state index in [0.717, 1.165) is 9.80 Å². The fourth-order valence-corrected chi connectivity index (χ4v) is 3.18. The second-order valence-corrected chi connectivity index (χ2v) is 6.48. The van der Waals surface area contributed by atoms with Gasteiger partial charge in [-0.15, -0.1) is 0 Å². The highest BCUT2D eigenvalue weighted by molar-refractivity contribution is 6.39. The van der Waals surface area contributed by atoms with Crippen LogP contribution in [0.5, 0.6) is 0 Å². The van der Waals surface area contributed by atoms with Crippen LogP contribution in [0.1, 0.15) is 5.56 Å². The summed E-state index contributed by atoms with van der Waals surface area (Å²) in [5.74, 6) is -2.04. The molecule has 1 aromatic carbocycles. The van der Waals surface area contributed by atoms with Crippen LogP contribution in [-0.4, -0.2) is 38.5 Å². The molecule has 8 nitrogen and oxygen atoms in total. The molecule has 0 radical (unpaired) electrons. The molecule has 1 N–H and O–H groups in total. The zero-order valence-corrected chi connectivity index (χ0v) is 15.2. The molecule has 1 fully saturated rings. The van der Waals surface area contributed by atoms with Gasteiger partial charge in [0.05, 0.1) is 5.69 Å². The Morgan fingerprint density at radius 3 is 2.10 bits per heavy atom. The first kappa shape index (κ1) is 18.5. The average Bonchev–Trinajstić information content (AvgIpc) is 2.75. The van der Waals surface area contributed by atoms with E-state index >= 15 is 0 Å². The number of imide groups is 2. The smallest absolute Gasteiger partial charge is 0.344 e. The van der Waals surface area contributed by atoms with Crippen molar-refractivity contribution in [1.29, 1.82) is 0 Å². The largest absolute Gasteiger partial charge is 0.371 e. The van der Waals surface area contributed by atoms with Crippen molar-refractivity contribution in [2.45, 2.75) is 12.0 Å². The van der Waals surface area contributed by atoms with Gasteiger partial charge in [0, 0.05) is 25.0 Å². The molecular formula is C21H16N4O4. The molecule has 2 aromatic heterocycles. The summed E-state index contributed by atoms with van der Waals surface area (Å²) >= 11 is 0. The monoisotopic (exact) mass is 388 g/mol. The van der Waals surface area contributed by atoms with E-state index in [1.165, 1.54) is 24.7 Å². The van der Waals surface area contributed by atoms with Crippen LogP contribution in [0.15, 0.2) is 79.3 Å². The number of para-hydroxylation sites is 1. The van der Waals surface area contributed by atoms with Gasteiger partial charge in [0.1, 0.15) is 5.82 Å². The molecule has 4 rings (SSSR count). The zero-order valence-electron chi connectivity index (χ0n) is 15.2. The number of aliphatic hydroxyl groups is 1. The van der Waals surface area contributed by atoms with Gasteiger partial charge in [-0.1, -0.05) is 24.3 Å². The Bertz CT molecular complexity index is 996. The maximum absolute atomic E-state index is 13.2. The van der Waals surface area contributed by atoms with Crippen molar-refractivity contribution in [3.05, 3.63) is 84.8 Å². The van der Waals surface area contributed by atoms with E-state index in [1.807, 2.05) is 0 Å². The van der Waals surface area contributed by atoms with Crippen LogP contribution in [0.4, 0.5) is 16.3 Å². The van der Waals surface area contributed by atoms with Crippen molar-refractivity contribution < 1.29 is 19.5 Å². The molecule has 4 amide bonds. The number of aromatic nitrogens is 2. The first-order valence-corrected chi connectivity index (χ1v) is 8.83. The van der Waals surface area contributed by atoms with E-state index in [0.29, 0.717) is 5.56 Å². The number of pyridine rings is 2. The molecule has 1 atom stereocenters. The summed E-state index contributed by atoms with van der Waals surface area (Å²) in [7, 11) is 0. The number of anilines is 2. The lowest BCUT2D eigenvalue weighted by atomic mass is 9.89. The average molecular weight is 388 g/mol. The molecule has 0 saturated carbocycles. The molecule has 3 heterocycles. The van der Waals surface area contributed by atoms with E-state index in [1.54, 1.807) is 54.6 Å². The van der Waals surface area contributed by atoms with Crippen molar-refractivity contribution in [3.8, 4) is 0 Å². The van der Waals surface area contributed by atoms with Gasteiger partial charge in [-0.25, -0.2) is 19.6 Å². The summed E-state index contributed by atoms with van der Waals surface area (Å²) < 4.78 is 0. The molecule has 0 spiro atoms. The molecule has 0 bridgehead atoms. The van der Waals surface area contributed by atoms with Crippen molar-refractivity contribution in [2.24, 2.45) is 0 Å². The summed E-state index contributed by atoms with van der Waals surface area (Å²) in [6, 6.07) is 15.1. The van der Waals surface area contributed by atoms with Gasteiger partial charge in [0.15, 0.2) is 0 Å². The number of urea groups is 1. The molecule has 3 aromatic rings. The minimum atomic E-state index is -2.48. The third kappa shape index (κ3) is 3.15. The minimum absolute atomic E-state index is 0.0177. The Morgan fingerprint density at radius 1 is 0.793 bits per heavy atom. The fourth-order valence-electron chi connectivity index (χ4n) is 3.18. The van der Waals surface area contributed by atoms with Crippen molar-refractivity contribution in [1.82, 2.24) is 9.97 Å². The van der Waals surface area contributed by atoms with Gasteiger partial charge in [-0.3, -0.25) is 14.6 Å². The van der Waals surface area contributed by atoms with Crippen LogP contribution in [0.2, 0.25) is 0 Å². The number of rotatable bonds is 4. The number of benzene rings is 1. The number of carbonyl (C=O) groups is 3. The second-order valence-electron chi connectivity index (χ2n) is 6.48. The molecule has 1 unspecified atom stereocenters. The number of amides is 4. The summed E-state index contributed by atoms with van der Waals surface area (Å²) in [6.45, 7) is 0. The topological polar surface area (TPSA) is 104 Å². The van der Waals surface area contributed by atoms with Crippen molar-refractivity contribution in [3.63, 3.8) is 0 Å². The van der Waals surface area contributed by atoms with Gasteiger partial charge < -0.3 is 5.11 Å². The molecule has 0 aliphatic carbocycles. The lowest BCUT2D eigenvalue weighted by Crippen LogP contribution is -2.70. The Hall–Kier alpha value is -3.91. The molecule has 1 aliphatic heterocycles. The lowest BCUT2D eigenvalue weighted by molar-refractivity contribution is -0.150. The standard InChI is InChI=1S/C21H16N4O4/c26-18-21(29,14-15-9-12-22-13-10-15)19(27)25(17-8-4-5-11-23-17)20(28)24(18)16-6-2-1-3-7-16/h1-13,29H,14H2. The Morgan fingerprint density at radius 2 is 1.45 bits per heavy atom. The highest BCUT2D eigenvalue weighted by Gasteiger charge is 2.57. The molecule has 8 heteroatoms. The number of hydrogen-bond acceptors (Lipinski definition) is 6. The van der Waals surface area contributed by atoms with Crippen molar-refractivity contribution >= 4 is 29.4 Å². The highest BCUT2D eigenvalue weighted by Crippen LogP contribution is 2.31. The maximum Gasteiger partial charge on any atom is 0.344 e. The zero-order chi connectivity index (χ0) is 20.4. The van der Waals surface area contributed by atoms with Gasteiger partial charge in [-0.2, -0.15) is 0 Å². The SMILES string of the molecule is O=C1N(c2ccccc2)C(=O)C(O)(Cc2ccncc2)C(=O)N1c1ccccn1. The first-order valence-electron chi connectivity index (χ1n) is 8.83. The third-order valence-corrected chi connectivity index (χ3v) is 4.60. The van der Waals surface area contributed by atoms with E-state index in [2.05, 4.69) is 9.97 Å². The van der Waals surface area contributed by atoms with E-state index in [-0.39, 0.29) is 17.9 Å². The van der Waals surface area contributed by atoms with Gasteiger partial charge >= 0.3 is 6.03 Å². The first-order chi connectivity index (χ1) is 14.0. The Kier molecular flexibility index (Phi) is 4.61. The van der Waals surface area contributed by atoms with Crippen LogP contribution >= 0.6 is 0 Å². The van der Waals surface area contributed by atoms with Gasteiger partial charge in [0.25, 0.3) is 11.8 Å². The van der Waals surface area contributed by atoms with Crippen LogP contribution in [-0.2, 0) is 16.0 Å². The summed E-state index contributed by atoms with van der Waals surface area (Å²) in [4.78, 5) is 49.0. The van der Waals surface area contributed by atoms with E-state index in [9.17, 15) is 19.5 Å². The molecule has 144 valence electrons. The van der Waals surface area contributed by atoms with Crippen molar-refractivity contribution in [2.75, 3.05) is 9.80 Å². The normalized spacial score (nSPS) is 19.6. The van der Waals surface area contributed by atoms with Gasteiger partial charge in [0.2, 0.25) is 5.60 Å².